The number of pyridine rings is 1. The van der Waals surface area contributed by atoms with Gasteiger partial charge in [-0.1, -0.05) is 0 Å². The Morgan fingerprint density at radius 3 is 2.54 bits per heavy atom. The van der Waals surface area contributed by atoms with Crippen LogP contribution in [0.3, 0.4) is 0 Å². The van der Waals surface area contributed by atoms with Gasteiger partial charge in [0.1, 0.15) is 7.11 Å². The summed E-state index contributed by atoms with van der Waals surface area (Å²) < 4.78 is 6.30. The van der Waals surface area contributed by atoms with E-state index in [9.17, 15) is 4.79 Å². The third-order valence-corrected chi connectivity index (χ3v) is 1.52. The lowest BCUT2D eigenvalue weighted by atomic mass is 10.3. The SMILES string of the molecule is CCOC(=O)c1cc[n+](OC)cc1. The highest BCUT2D eigenvalue weighted by molar-refractivity contribution is 5.88. The van der Waals surface area contributed by atoms with Crippen LogP contribution in [0.15, 0.2) is 24.5 Å². The lowest BCUT2D eigenvalue weighted by Gasteiger charge is -1.99. The molecule has 0 aliphatic rings. The van der Waals surface area contributed by atoms with Crippen LogP contribution in [0.4, 0.5) is 0 Å². The number of rotatable bonds is 3. The zero-order valence-corrected chi connectivity index (χ0v) is 7.69. The van der Waals surface area contributed by atoms with Gasteiger partial charge in [0.15, 0.2) is 0 Å². The van der Waals surface area contributed by atoms with Crippen LogP contribution in [-0.4, -0.2) is 19.7 Å². The zero-order valence-electron chi connectivity index (χ0n) is 7.69. The molecule has 0 aliphatic heterocycles. The molecule has 70 valence electrons. The van der Waals surface area contributed by atoms with Gasteiger partial charge in [0.2, 0.25) is 12.4 Å². The van der Waals surface area contributed by atoms with Gasteiger partial charge in [0.25, 0.3) is 0 Å². The second-order valence-electron chi connectivity index (χ2n) is 2.35. The maximum Gasteiger partial charge on any atom is 0.338 e. The molecule has 1 aromatic rings. The number of ether oxygens (including phenoxy) is 1. The minimum absolute atomic E-state index is 0.314. The minimum atomic E-state index is -0.314. The summed E-state index contributed by atoms with van der Waals surface area (Å²) in [6.07, 6.45) is 3.29. The first-order valence-electron chi connectivity index (χ1n) is 4.01. The molecule has 0 aromatic carbocycles. The fourth-order valence-corrected chi connectivity index (χ4v) is 0.885. The Labute approximate surface area is 76.7 Å². The molecule has 1 aromatic heterocycles. The fourth-order valence-electron chi connectivity index (χ4n) is 0.885. The lowest BCUT2D eigenvalue weighted by molar-refractivity contribution is -0.885. The summed E-state index contributed by atoms with van der Waals surface area (Å²) in [6, 6.07) is 3.28. The average molecular weight is 182 g/mol. The van der Waals surface area contributed by atoms with Crippen molar-refractivity contribution in [3.63, 3.8) is 0 Å². The van der Waals surface area contributed by atoms with E-state index in [1.165, 1.54) is 4.73 Å². The van der Waals surface area contributed by atoms with Crippen LogP contribution in [0.5, 0.6) is 0 Å². The van der Waals surface area contributed by atoms with Gasteiger partial charge in [-0.3, -0.25) is 4.84 Å². The molecule has 0 saturated carbocycles. The van der Waals surface area contributed by atoms with E-state index in [0.717, 1.165) is 0 Å². The van der Waals surface area contributed by atoms with Crippen LogP contribution >= 0.6 is 0 Å². The van der Waals surface area contributed by atoms with Crippen LogP contribution in [0, 0.1) is 0 Å². The number of aromatic nitrogens is 1. The molecule has 0 atom stereocenters. The Morgan fingerprint density at radius 2 is 2.08 bits per heavy atom. The van der Waals surface area contributed by atoms with E-state index in [-0.39, 0.29) is 5.97 Å². The summed E-state index contributed by atoms with van der Waals surface area (Å²) in [4.78, 5) is 16.0. The Hall–Kier alpha value is -1.58. The van der Waals surface area contributed by atoms with E-state index < -0.39 is 0 Å². The number of carbonyl (C=O) groups excluding carboxylic acids is 1. The maximum atomic E-state index is 11.2. The third kappa shape index (κ3) is 2.43. The molecule has 0 bridgehead atoms. The maximum absolute atomic E-state index is 11.2. The van der Waals surface area contributed by atoms with Crippen LogP contribution in [0.1, 0.15) is 17.3 Å². The van der Waals surface area contributed by atoms with E-state index >= 15 is 0 Å². The topological polar surface area (TPSA) is 39.4 Å². The van der Waals surface area contributed by atoms with Crippen LogP contribution in [-0.2, 0) is 4.74 Å². The van der Waals surface area contributed by atoms with Gasteiger partial charge >= 0.3 is 5.97 Å². The molecule has 0 fully saturated rings. The standard InChI is InChI=1S/C9H12NO3/c1-3-13-9(11)8-4-6-10(12-2)7-5-8/h4-7H,3H2,1-2H3/q+1. The lowest BCUT2D eigenvalue weighted by Crippen LogP contribution is -2.39. The summed E-state index contributed by atoms with van der Waals surface area (Å²) >= 11 is 0. The molecule has 0 amide bonds. The highest BCUT2D eigenvalue weighted by Gasteiger charge is 2.08. The van der Waals surface area contributed by atoms with Crippen molar-refractivity contribution in [2.45, 2.75) is 6.92 Å². The molecule has 4 heteroatoms. The molecule has 0 spiro atoms. The second kappa shape index (κ2) is 4.45. The molecule has 0 aliphatic carbocycles. The monoisotopic (exact) mass is 182 g/mol. The largest absolute Gasteiger partial charge is 0.462 e. The number of esters is 1. The average Bonchev–Trinajstić information content (AvgIpc) is 2.18. The summed E-state index contributed by atoms with van der Waals surface area (Å²) in [5.74, 6) is -0.314. The number of carbonyl (C=O) groups is 1. The Bertz CT molecular complexity index is 281. The van der Waals surface area contributed by atoms with Crippen molar-refractivity contribution < 1.29 is 19.1 Å². The highest BCUT2D eigenvalue weighted by atomic mass is 16.6. The number of hydrogen-bond acceptors (Lipinski definition) is 3. The van der Waals surface area contributed by atoms with Gasteiger partial charge < -0.3 is 4.74 Å². The first-order valence-corrected chi connectivity index (χ1v) is 4.01. The molecule has 13 heavy (non-hydrogen) atoms. The van der Waals surface area contributed by atoms with Crippen molar-refractivity contribution in [3.05, 3.63) is 30.1 Å². The fraction of sp³-hybridized carbons (Fsp3) is 0.333. The molecule has 0 N–H and O–H groups in total. The van der Waals surface area contributed by atoms with Crippen molar-refractivity contribution in [1.82, 2.24) is 0 Å². The smallest absolute Gasteiger partial charge is 0.338 e. The van der Waals surface area contributed by atoms with E-state index in [1.807, 2.05) is 0 Å². The molecular formula is C9H12NO3+. The second-order valence-corrected chi connectivity index (χ2v) is 2.35. The number of nitrogens with zero attached hydrogens (tertiary/aromatic N) is 1. The summed E-state index contributed by atoms with van der Waals surface area (Å²) in [5.41, 5.74) is 0.523. The van der Waals surface area contributed by atoms with E-state index in [1.54, 1.807) is 38.6 Å². The third-order valence-electron chi connectivity index (χ3n) is 1.52. The van der Waals surface area contributed by atoms with Crippen molar-refractivity contribution in [2.75, 3.05) is 13.7 Å². The zero-order chi connectivity index (χ0) is 9.68. The minimum Gasteiger partial charge on any atom is -0.462 e. The Balaban J connectivity index is 2.74. The molecule has 1 heterocycles. The van der Waals surface area contributed by atoms with Gasteiger partial charge in [-0.05, 0) is 6.92 Å². The van der Waals surface area contributed by atoms with Crippen molar-refractivity contribution in [3.8, 4) is 0 Å². The molecular weight excluding hydrogens is 170 g/mol. The Morgan fingerprint density at radius 1 is 1.46 bits per heavy atom. The first-order chi connectivity index (χ1) is 6.27. The molecule has 0 saturated heterocycles. The molecule has 0 radical (unpaired) electrons. The van der Waals surface area contributed by atoms with Crippen LogP contribution in [0.25, 0.3) is 0 Å². The predicted octanol–water partition coefficient (Wildman–Crippen LogP) is 0.209. The summed E-state index contributed by atoms with van der Waals surface area (Å²) in [7, 11) is 1.55. The Kier molecular flexibility index (Phi) is 3.25. The molecule has 1 rings (SSSR count). The van der Waals surface area contributed by atoms with E-state index in [0.29, 0.717) is 12.2 Å². The summed E-state index contributed by atoms with van der Waals surface area (Å²) in [6.45, 7) is 2.16. The van der Waals surface area contributed by atoms with Gasteiger partial charge in [-0.25, -0.2) is 4.79 Å². The van der Waals surface area contributed by atoms with Gasteiger partial charge in [-0.2, -0.15) is 0 Å². The normalized spacial score (nSPS) is 9.38. The van der Waals surface area contributed by atoms with Gasteiger partial charge in [0, 0.05) is 16.9 Å². The van der Waals surface area contributed by atoms with Crippen LogP contribution < -0.4 is 9.57 Å². The van der Waals surface area contributed by atoms with Crippen molar-refractivity contribution >= 4 is 5.97 Å². The first kappa shape index (κ1) is 9.51. The molecule has 4 nitrogen and oxygen atoms in total. The van der Waals surface area contributed by atoms with Gasteiger partial charge in [0.05, 0.1) is 12.2 Å². The van der Waals surface area contributed by atoms with E-state index in [2.05, 4.69) is 0 Å². The van der Waals surface area contributed by atoms with Crippen LogP contribution in [0.2, 0.25) is 0 Å². The number of hydrogen-bond donors (Lipinski definition) is 0. The highest BCUT2D eigenvalue weighted by Crippen LogP contribution is 1.97. The van der Waals surface area contributed by atoms with Gasteiger partial charge in [-0.15, -0.1) is 0 Å². The van der Waals surface area contributed by atoms with E-state index in [4.69, 9.17) is 9.57 Å². The predicted molar refractivity (Wildman–Crippen MR) is 45.1 cm³/mol. The van der Waals surface area contributed by atoms with Crippen molar-refractivity contribution in [2.24, 2.45) is 0 Å². The molecule has 0 unspecified atom stereocenters. The quantitative estimate of drug-likeness (QED) is 0.495. The summed E-state index contributed by atoms with van der Waals surface area (Å²) in [5, 5.41) is 0. The van der Waals surface area contributed by atoms with Crippen molar-refractivity contribution in [1.29, 1.82) is 0 Å².